The molecule has 1 aliphatic heterocycles. The third kappa shape index (κ3) is 4.90. The summed E-state index contributed by atoms with van der Waals surface area (Å²) >= 11 is 0. The molecule has 1 aromatic heterocycles. The molecule has 150 valence electrons. The third-order valence-electron chi connectivity index (χ3n) is 5.23. The SMILES string of the molecule is CN1CCN(c2cc(NCCc3ccccc3F)nc(-c3ccccc3)n2)CC1. The Kier molecular flexibility index (Phi) is 6.00. The van der Waals surface area contributed by atoms with E-state index in [1.54, 1.807) is 6.07 Å². The molecule has 3 aromatic rings. The van der Waals surface area contributed by atoms with Gasteiger partial charge in [-0.2, -0.15) is 0 Å². The van der Waals surface area contributed by atoms with E-state index in [9.17, 15) is 4.39 Å². The van der Waals surface area contributed by atoms with Gasteiger partial charge in [-0.15, -0.1) is 0 Å². The molecule has 5 nitrogen and oxygen atoms in total. The van der Waals surface area contributed by atoms with Crippen molar-refractivity contribution in [2.75, 3.05) is 50.0 Å². The molecule has 1 aliphatic rings. The monoisotopic (exact) mass is 391 g/mol. The Morgan fingerprint density at radius 1 is 0.931 bits per heavy atom. The van der Waals surface area contributed by atoms with E-state index in [0.717, 1.165) is 43.4 Å². The highest BCUT2D eigenvalue weighted by Gasteiger charge is 2.17. The normalized spacial score (nSPS) is 14.8. The van der Waals surface area contributed by atoms with E-state index in [0.29, 0.717) is 24.4 Å². The van der Waals surface area contributed by atoms with Crippen molar-refractivity contribution < 1.29 is 4.39 Å². The molecule has 0 amide bonds. The summed E-state index contributed by atoms with van der Waals surface area (Å²) in [6, 6.07) is 18.9. The van der Waals surface area contributed by atoms with E-state index < -0.39 is 0 Å². The van der Waals surface area contributed by atoms with Crippen LogP contribution >= 0.6 is 0 Å². The van der Waals surface area contributed by atoms with Crippen molar-refractivity contribution in [1.29, 1.82) is 0 Å². The first kappa shape index (κ1) is 19.3. The average Bonchev–Trinajstić information content (AvgIpc) is 2.76. The molecule has 29 heavy (non-hydrogen) atoms. The van der Waals surface area contributed by atoms with Crippen LogP contribution in [0.1, 0.15) is 5.56 Å². The summed E-state index contributed by atoms with van der Waals surface area (Å²) in [6.07, 6.45) is 0.598. The van der Waals surface area contributed by atoms with E-state index in [1.165, 1.54) is 6.07 Å². The number of aromatic nitrogens is 2. The number of rotatable bonds is 6. The lowest BCUT2D eigenvalue weighted by Crippen LogP contribution is -2.44. The molecule has 6 heteroatoms. The van der Waals surface area contributed by atoms with Crippen molar-refractivity contribution >= 4 is 11.6 Å². The minimum Gasteiger partial charge on any atom is -0.370 e. The highest BCUT2D eigenvalue weighted by Crippen LogP contribution is 2.23. The van der Waals surface area contributed by atoms with Gasteiger partial charge in [0.1, 0.15) is 17.5 Å². The molecule has 0 radical (unpaired) electrons. The van der Waals surface area contributed by atoms with Crippen LogP contribution in [0.2, 0.25) is 0 Å². The lowest BCUT2D eigenvalue weighted by Gasteiger charge is -2.33. The lowest BCUT2D eigenvalue weighted by atomic mass is 10.1. The van der Waals surface area contributed by atoms with Gasteiger partial charge in [0.15, 0.2) is 5.82 Å². The average molecular weight is 391 g/mol. The third-order valence-corrected chi connectivity index (χ3v) is 5.23. The van der Waals surface area contributed by atoms with Gasteiger partial charge < -0.3 is 15.1 Å². The maximum absolute atomic E-state index is 13.9. The molecule has 1 N–H and O–H groups in total. The number of piperazine rings is 1. The van der Waals surface area contributed by atoms with Crippen LogP contribution in [-0.2, 0) is 6.42 Å². The fourth-order valence-electron chi connectivity index (χ4n) is 3.47. The summed E-state index contributed by atoms with van der Waals surface area (Å²) in [5.74, 6) is 2.24. The van der Waals surface area contributed by atoms with Crippen molar-refractivity contribution in [3.05, 3.63) is 72.0 Å². The molecule has 0 unspecified atom stereocenters. The number of hydrogen-bond acceptors (Lipinski definition) is 5. The number of nitrogens with one attached hydrogen (secondary N) is 1. The van der Waals surface area contributed by atoms with Gasteiger partial charge in [-0.3, -0.25) is 0 Å². The predicted octanol–water partition coefficient (Wildman–Crippen LogP) is 3.69. The van der Waals surface area contributed by atoms with Crippen molar-refractivity contribution in [3.8, 4) is 11.4 Å². The molecule has 1 fully saturated rings. The Hall–Kier alpha value is -2.99. The molecule has 0 saturated carbocycles. The topological polar surface area (TPSA) is 44.3 Å². The fourth-order valence-corrected chi connectivity index (χ4v) is 3.47. The standard InChI is InChI=1S/C23H26FN5/c1-28-13-15-29(16-14-28)22-17-21(25-12-11-18-7-5-6-10-20(18)24)26-23(27-22)19-8-3-2-4-9-19/h2-10,17H,11-16H2,1H3,(H,25,26,27). The van der Waals surface area contributed by atoms with Gasteiger partial charge in [-0.25, -0.2) is 14.4 Å². The van der Waals surface area contributed by atoms with Crippen molar-refractivity contribution in [3.63, 3.8) is 0 Å². The zero-order valence-electron chi connectivity index (χ0n) is 16.7. The van der Waals surface area contributed by atoms with Gasteiger partial charge in [-0.1, -0.05) is 48.5 Å². The lowest BCUT2D eigenvalue weighted by molar-refractivity contribution is 0.312. The first-order chi connectivity index (χ1) is 14.2. The number of likely N-dealkylation sites (N-methyl/N-ethyl adjacent to an activating group) is 1. The van der Waals surface area contributed by atoms with Gasteiger partial charge in [-0.05, 0) is 25.1 Å². The Morgan fingerprint density at radius 2 is 1.66 bits per heavy atom. The fraction of sp³-hybridized carbons (Fsp3) is 0.304. The summed E-state index contributed by atoms with van der Waals surface area (Å²) in [6.45, 7) is 4.52. The molecule has 4 rings (SSSR count). The number of anilines is 2. The van der Waals surface area contributed by atoms with Crippen LogP contribution in [0, 0.1) is 5.82 Å². The Balaban J connectivity index is 1.55. The number of hydrogen-bond donors (Lipinski definition) is 1. The molecule has 0 atom stereocenters. The van der Waals surface area contributed by atoms with Crippen molar-refractivity contribution in [2.24, 2.45) is 0 Å². The molecule has 0 aliphatic carbocycles. The van der Waals surface area contributed by atoms with Gasteiger partial charge in [0.05, 0.1) is 0 Å². The highest BCUT2D eigenvalue weighted by molar-refractivity contribution is 5.61. The summed E-state index contributed by atoms with van der Waals surface area (Å²) in [5, 5.41) is 3.36. The van der Waals surface area contributed by atoms with Gasteiger partial charge in [0.2, 0.25) is 0 Å². The van der Waals surface area contributed by atoms with Gasteiger partial charge in [0, 0.05) is 44.4 Å². The second kappa shape index (κ2) is 9.01. The van der Waals surface area contributed by atoms with E-state index in [4.69, 9.17) is 9.97 Å². The minimum absolute atomic E-state index is 0.167. The summed E-state index contributed by atoms with van der Waals surface area (Å²) in [5.41, 5.74) is 1.69. The Bertz CT molecular complexity index is 939. The Morgan fingerprint density at radius 3 is 2.41 bits per heavy atom. The van der Waals surface area contributed by atoms with E-state index in [1.807, 2.05) is 48.5 Å². The molecule has 0 spiro atoms. The Labute approximate surface area is 171 Å². The van der Waals surface area contributed by atoms with Crippen molar-refractivity contribution in [2.45, 2.75) is 6.42 Å². The smallest absolute Gasteiger partial charge is 0.163 e. The van der Waals surface area contributed by atoms with Crippen LogP contribution in [0.15, 0.2) is 60.7 Å². The van der Waals surface area contributed by atoms with Crippen LogP contribution in [-0.4, -0.2) is 54.6 Å². The number of halogens is 1. The van der Waals surface area contributed by atoms with Crippen LogP contribution < -0.4 is 10.2 Å². The minimum atomic E-state index is -0.167. The first-order valence-electron chi connectivity index (χ1n) is 10.0. The van der Waals surface area contributed by atoms with Crippen LogP contribution in [0.4, 0.5) is 16.0 Å². The summed E-state index contributed by atoms with van der Waals surface area (Å²) in [7, 11) is 2.14. The zero-order chi connectivity index (χ0) is 20.1. The van der Waals surface area contributed by atoms with Crippen LogP contribution in [0.3, 0.4) is 0 Å². The predicted molar refractivity (Wildman–Crippen MR) is 116 cm³/mol. The molecule has 2 aromatic carbocycles. The molecular formula is C23H26FN5. The number of benzene rings is 2. The van der Waals surface area contributed by atoms with Gasteiger partial charge in [0.25, 0.3) is 0 Å². The van der Waals surface area contributed by atoms with E-state index in [2.05, 4.69) is 22.2 Å². The maximum Gasteiger partial charge on any atom is 0.163 e. The maximum atomic E-state index is 13.9. The molecule has 1 saturated heterocycles. The number of nitrogens with zero attached hydrogens (tertiary/aromatic N) is 4. The summed E-state index contributed by atoms with van der Waals surface area (Å²) in [4.78, 5) is 14.2. The molecule has 0 bridgehead atoms. The zero-order valence-corrected chi connectivity index (χ0v) is 16.7. The highest BCUT2D eigenvalue weighted by atomic mass is 19.1. The largest absolute Gasteiger partial charge is 0.370 e. The van der Waals surface area contributed by atoms with Crippen LogP contribution in [0.25, 0.3) is 11.4 Å². The summed E-state index contributed by atoms with van der Waals surface area (Å²) < 4.78 is 13.9. The van der Waals surface area contributed by atoms with E-state index >= 15 is 0 Å². The molecular weight excluding hydrogens is 365 g/mol. The van der Waals surface area contributed by atoms with Crippen molar-refractivity contribution in [1.82, 2.24) is 14.9 Å². The van der Waals surface area contributed by atoms with E-state index in [-0.39, 0.29) is 5.82 Å². The second-order valence-corrected chi connectivity index (χ2v) is 7.36. The van der Waals surface area contributed by atoms with Gasteiger partial charge >= 0.3 is 0 Å². The molecule has 2 heterocycles. The first-order valence-corrected chi connectivity index (χ1v) is 10.0. The van der Waals surface area contributed by atoms with Crippen LogP contribution in [0.5, 0.6) is 0 Å². The second-order valence-electron chi connectivity index (χ2n) is 7.36. The quantitative estimate of drug-likeness (QED) is 0.694.